The molecular weight excluding hydrogens is 224 g/mol. The summed E-state index contributed by atoms with van der Waals surface area (Å²) in [6.45, 7) is 1.75. The van der Waals surface area contributed by atoms with Gasteiger partial charge in [0, 0.05) is 16.3 Å². The number of aliphatic imine (C=N–C) groups is 1. The molecule has 1 aromatic heterocycles. The number of hydrogen-bond acceptors (Lipinski definition) is 5. The highest BCUT2D eigenvalue weighted by atomic mass is 32.1. The number of rotatable bonds is 4. The maximum Gasteiger partial charge on any atom is 0.191 e. The second kappa shape index (κ2) is 4.87. The molecule has 1 aliphatic heterocycles. The van der Waals surface area contributed by atoms with Crippen molar-refractivity contribution >= 4 is 17.3 Å². The molecule has 16 heavy (non-hydrogen) atoms. The molecule has 6 nitrogen and oxygen atoms in total. The van der Waals surface area contributed by atoms with Gasteiger partial charge in [0.05, 0.1) is 19.1 Å². The maximum atomic E-state index is 8.31. The van der Waals surface area contributed by atoms with Crippen LogP contribution in [0, 0.1) is 0 Å². The summed E-state index contributed by atoms with van der Waals surface area (Å²) in [5.74, 6) is 0.534. The first kappa shape index (κ1) is 10.8. The Hall–Kier alpha value is -1.72. The number of azide groups is 1. The lowest BCUT2D eigenvalue weighted by molar-refractivity contribution is 0.341. The highest BCUT2D eigenvalue weighted by molar-refractivity contribution is 7.09. The molecule has 1 unspecified atom stereocenters. The molecule has 0 saturated carbocycles. The van der Waals surface area contributed by atoms with Crippen LogP contribution < -0.4 is 5.73 Å². The summed E-state index contributed by atoms with van der Waals surface area (Å²) in [6.07, 6.45) is 0. The first-order chi connectivity index (χ1) is 7.81. The van der Waals surface area contributed by atoms with Crippen molar-refractivity contribution in [2.45, 2.75) is 12.6 Å². The summed E-state index contributed by atoms with van der Waals surface area (Å²) in [6, 6.07) is 4.16. The maximum absolute atomic E-state index is 8.31. The minimum Gasteiger partial charge on any atom is -0.370 e. The number of nitrogens with two attached hydrogens (primary N) is 1. The summed E-state index contributed by atoms with van der Waals surface area (Å²) < 4.78 is 0. The molecule has 0 amide bonds. The molecule has 0 aliphatic carbocycles. The molecule has 2 N–H and O–H groups in total. The Morgan fingerprint density at radius 2 is 2.62 bits per heavy atom. The largest absolute Gasteiger partial charge is 0.370 e. The van der Waals surface area contributed by atoms with E-state index in [0.29, 0.717) is 19.0 Å². The van der Waals surface area contributed by atoms with E-state index in [1.807, 2.05) is 16.3 Å². The normalized spacial score (nSPS) is 19.4. The van der Waals surface area contributed by atoms with Gasteiger partial charge in [0.1, 0.15) is 0 Å². The summed E-state index contributed by atoms with van der Waals surface area (Å²) in [4.78, 5) is 10.2. The molecule has 0 fully saturated rings. The second-order valence-electron chi connectivity index (χ2n) is 3.47. The van der Waals surface area contributed by atoms with Crippen LogP contribution in [-0.4, -0.2) is 30.0 Å². The molecule has 0 bridgehead atoms. The lowest BCUT2D eigenvalue weighted by Gasteiger charge is -2.24. The van der Waals surface area contributed by atoms with Crippen molar-refractivity contribution in [3.8, 4) is 0 Å². The van der Waals surface area contributed by atoms with Crippen LogP contribution in [0.4, 0.5) is 0 Å². The van der Waals surface area contributed by atoms with E-state index in [4.69, 9.17) is 11.3 Å². The second-order valence-corrected chi connectivity index (χ2v) is 4.51. The van der Waals surface area contributed by atoms with Gasteiger partial charge < -0.3 is 10.6 Å². The van der Waals surface area contributed by atoms with Crippen molar-refractivity contribution in [1.29, 1.82) is 0 Å². The van der Waals surface area contributed by atoms with Gasteiger partial charge in [0.25, 0.3) is 0 Å². The average molecular weight is 236 g/mol. The van der Waals surface area contributed by atoms with E-state index in [-0.39, 0.29) is 6.04 Å². The van der Waals surface area contributed by atoms with E-state index in [2.05, 4.69) is 21.1 Å². The van der Waals surface area contributed by atoms with Crippen molar-refractivity contribution in [3.05, 3.63) is 32.8 Å². The van der Waals surface area contributed by atoms with Crippen molar-refractivity contribution in [1.82, 2.24) is 4.90 Å². The van der Waals surface area contributed by atoms with Gasteiger partial charge in [-0.3, -0.25) is 4.99 Å². The highest BCUT2D eigenvalue weighted by Gasteiger charge is 2.25. The van der Waals surface area contributed by atoms with Gasteiger partial charge in [0.2, 0.25) is 0 Å². The quantitative estimate of drug-likeness (QED) is 0.488. The smallest absolute Gasteiger partial charge is 0.191 e. The Labute approximate surface area is 97.0 Å². The molecule has 0 saturated heterocycles. The predicted octanol–water partition coefficient (Wildman–Crippen LogP) is 1.56. The van der Waals surface area contributed by atoms with Crippen molar-refractivity contribution in [3.63, 3.8) is 0 Å². The highest BCUT2D eigenvalue weighted by Crippen LogP contribution is 2.17. The molecule has 0 aromatic carbocycles. The van der Waals surface area contributed by atoms with Crippen LogP contribution in [0.15, 0.2) is 27.6 Å². The van der Waals surface area contributed by atoms with Gasteiger partial charge >= 0.3 is 0 Å². The van der Waals surface area contributed by atoms with Crippen molar-refractivity contribution in [2.75, 3.05) is 13.1 Å². The fourth-order valence-electron chi connectivity index (χ4n) is 1.64. The number of hydrogen-bond donors (Lipinski definition) is 1. The monoisotopic (exact) mass is 236 g/mol. The number of thiophene rings is 1. The molecule has 2 heterocycles. The van der Waals surface area contributed by atoms with Crippen molar-refractivity contribution < 1.29 is 0 Å². The minimum absolute atomic E-state index is 0.0954. The summed E-state index contributed by atoms with van der Waals surface area (Å²) in [5.41, 5.74) is 14.1. The molecule has 1 atom stereocenters. The van der Waals surface area contributed by atoms with Crippen LogP contribution >= 0.6 is 11.3 Å². The first-order valence-electron chi connectivity index (χ1n) is 4.91. The fourth-order valence-corrected chi connectivity index (χ4v) is 2.35. The van der Waals surface area contributed by atoms with E-state index in [0.717, 1.165) is 6.54 Å². The molecule has 84 valence electrons. The van der Waals surface area contributed by atoms with Gasteiger partial charge in [-0.1, -0.05) is 11.2 Å². The first-order valence-corrected chi connectivity index (χ1v) is 5.79. The Balaban J connectivity index is 2.04. The zero-order valence-corrected chi connectivity index (χ0v) is 9.47. The van der Waals surface area contributed by atoms with Crippen molar-refractivity contribution in [2.24, 2.45) is 15.8 Å². The van der Waals surface area contributed by atoms with Gasteiger partial charge in [-0.05, 0) is 17.0 Å². The van der Waals surface area contributed by atoms with Crippen LogP contribution in [0.2, 0.25) is 0 Å². The zero-order chi connectivity index (χ0) is 11.4. The third kappa shape index (κ3) is 2.26. The Bertz CT molecular complexity index is 419. The van der Waals surface area contributed by atoms with E-state index < -0.39 is 0 Å². The van der Waals surface area contributed by atoms with Crippen LogP contribution in [0.3, 0.4) is 0 Å². The van der Waals surface area contributed by atoms with Crippen LogP contribution in [0.5, 0.6) is 0 Å². The van der Waals surface area contributed by atoms with Gasteiger partial charge in [-0.2, -0.15) is 0 Å². The summed E-state index contributed by atoms with van der Waals surface area (Å²) >= 11 is 1.68. The summed E-state index contributed by atoms with van der Waals surface area (Å²) in [7, 11) is 0. The zero-order valence-electron chi connectivity index (χ0n) is 8.65. The van der Waals surface area contributed by atoms with Crippen LogP contribution in [-0.2, 0) is 6.54 Å². The van der Waals surface area contributed by atoms with Gasteiger partial charge in [-0.25, -0.2) is 0 Å². The van der Waals surface area contributed by atoms with Crippen LogP contribution in [0.1, 0.15) is 4.88 Å². The Morgan fingerprint density at radius 3 is 3.31 bits per heavy atom. The molecule has 2 rings (SSSR count). The number of guanidine groups is 1. The third-order valence-electron chi connectivity index (χ3n) is 2.46. The number of nitrogens with zero attached hydrogens (tertiary/aromatic N) is 5. The lowest BCUT2D eigenvalue weighted by atomic mass is 10.2. The lowest BCUT2D eigenvalue weighted by Crippen LogP contribution is -2.41. The molecule has 7 heteroatoms. The SMILES string of the molecule is [N-]=[N+]=NCC1CN=C(N)N1Cc1cccs1. The van der Waals surface area contributed by atoms with Gasteiger partial charge in [-0.15, -0.1) is 11.3 Å². The summed E-state index contributed by atoms with van der Waals surface area (Å²) in [5, 5.41) is 5.61. The Kier molecular flexibility index (Phi) is 3.28. The third-order valence-corrected chi connectivity index (χ3v) is 3.32. The average Bonchev–Trinajstić information content (AvgIpc) is 2.89. The van der Waals surface area contributed by atoms with Crippen LogP contribution in [0.25, 0.3) is 10.4 Å². The van der Waals surface area contributed by atoms with Gasteiger partial charge in [0.15, 0.2) is 5.96 Å². The van der Waals surface area contributed by atoms with E-state index >= 15 is 0 Å². The molecule has 0 spiro atoms. The standard InChI is InChI=1S/C9H12N6S/c10-9-12-4-7(5-13-14-11)15(9)6-8-2-1-3-16-8/h1-3,7H,4-6H2,(H2,10,12). The van der Waals surface area contributed by atoms with E-state index in [1.54, 1.807) is 11.3 Å². The topological polar surface area (TPSA) is 90.4 Å². The molecular formula is C9H12N6S. The predicted molar refractivity (Wildman–Crippen MR) is 64.2 cm³/mol. The van der Waals surface area contributed by atoms with E-state index in [9.17, 15) is 0 Å². The Morgan fingerprint density at radius 1 is 1.75 bits per heavy atom. The molecule has 1 aromatic rings. The molecule has 0 radical (unpaired) electrons. The van der Waals surface area contributed by atoms with E-state index in [1.165, 1.54) is 4.88 Å². The fraction of sp³-hybridized carbons (Fsp3) is 0.444. The minimum atomic E-state index is 0.0954. The molecule has 1 aliphatic rings.